The molecule has 0 bridgehead atoms. The molecule has 0 saturated carbocycles. The van der Waals surface area contributed by atoms with Crippen LogP contribution in [-0.4, -0.2) is 96.0 Å². The number of fused-ring (bicyclic) bond motifs is 2. The van der Waals surface area contributed by atoms with E-state index in [1.807, 2.05) is 0 Å². The van der Waals surface area contributed by atoms with Gasteiger partial charge in [-0.25, -0.2) is 9.37 Å². The average molecular weight is 528 g/mol. The summed E-state index contributed by atoms with van der Waals surface area (Å²) in [4.78, 5) is 39.0. The number of hydrogen-bond donors (Lipinski definition) is 0. The minimum absolute atomic E-state index is 0.0268. The minimum Gasteiger partial charge on any atom is -0.489 e. The predicted molar refractivity (Wildman–Crippen MR) is 141 cm³/mol. The first-order valence-corrected chi connectivity index (χ1v) is 12.9. The maximum absolute atomic E-state index is 14.9. The van der Waals surface area contributed by atoms with E-state index in [9.17, 15) is 14.0 Å². The molecule has 3 aliphatic rings. The number of anilines is 1. The predicted octanol–water partition coefficient (Wildman–Crippen LogP) is 3.30. The maximum atomic E-state index is 14.9. The molecule has 4 heterocycles. The molecule has 5 rings (SSSR count). The SMILES string of the molecule is C=CC(=O)N1CCN2C(=O)c3c(N4CCN(C)[C@@H](C)[C@H]4C)nc(-c4ccccc4F)c(Cl)c3OCC2C1. The van der Waals surface area contributed by atoms with Crippen LogP contribution in [-0.2, 0) is 4.79 Å². The zero-order valence-electron chi connectivity index (χ0n) is 21.3. The highest BCUT2D eigenvalue weighted by molar-refractivity contribution is 6.35. The van der Waals surface area contributed by atoms with Gasteiger partial charge in [-0.3, -0.25) is 14.5 Å². The lowest BCUT2D eigenvalue weighted by molar-refractivity contribution is -0.128. The van der Waals surface area contributed by atoms with E-state index in [1.54, 1.807) is 28.0 Å². The average Bonchev–Trinajstić information content (AvgIpc) is 3.05. The number of ether oxygens (including phenoxy) is 1. The smallest absolute Gasteiger partial charge is 0.261 e. The number of halogens is 2. The molecule has 0 N–H and O–H groups in total. The molecule has 0 aliphatic carbocycles. The largest absolute Gasteiger partial charge is 0.489 e. The first kappa shape index (κ1) is 25.5. The van der Waals surface area contributed by atoms with Gasteiger partial charge < -0.3 is 19.4 Å². The van der Waals surface area contributed by atoms with E-state index in [0.29, 0.717) is 37.6 Å². The van der Waals surface area contributed by atoms with Crippen molar-refractivity contribution in [2.45, 2.75) is 32.0 Å². The van der Waals surface area contributed by atoms with Crippen molar-refractivity contribution in [2.24, 2.45) is 0 Å². The van der Waals surface area contributed by atoms with Gasteiger partial charge in [-0.15, -0.1) is 0 Å². The van der Waals surface area contributed by atoms with Crippen molar-refractivity contribution in [1.82, 2.24) is 19.7 Å². The molecule has 8 nitrogen and oxygen atoms in total. The van der Waals surface area contributed by atoms with Gasteiger partial charge in [0.2, 0.25) is 5.91 Å². The maximum Gasteiger partial charge on any atom is 0.261 e. The molecular formula is C27H31ClFN5O3. The molecule has 3 aliphatic heterocycles. The lowest BCUT2D eigenvalue weighted by atomic mass is 10.0. The number of aromatic nitrogens is 1. The zero-order chi connectivity index (χ0) is 26.4. The summed E-state index contributed by atoms with van der Waals surface area (Å²) in [6.45, 7) is 10.4. The molecule has 0 radical (unpaired) electrons. The van der Waals surface area contributed by atoms with E-state index in [-0.39, 0.29) is 58.6 Å². The highest BCUT2D eigenvalue weighted by Crippen LogP contribution is 2.44. The summed E-state index contributed by atoms with van der Waals surface area (Å²) < 4.78 is 21.2. The van der Waals surface area contributed by atoms with Crippen molar-refractivity contribution >= 4 is 29.2 Å². The van der Waals surface area contributed by atoms with E-state index >= 15 is 0 Å². The number of carbonyl (C=O) groups excluding carboxylic acids is 2. The Morgan fingerprint density at radius 2 is 1.89 bits per heavy atom. The van der Waals surface area contributed by atoms with Gasteiger partial charge in [-0.1, -0.05) is 30.3 Å². The second-order valence-corrected chi connectivity index (χ2v) is 10.3. The number of nitrogens with zero attached hydrogens (tertiary/aromatic N) is 5. The van der Waals surface area contributed by atoms with Gasteiger partial charge in [0.15, 0.2) is 5.75 Å². The fourth-order valence-electron chi connectivity index (χ4n) is 5.42. The van der Waals surface area contributed by atoms with Gasteiger partial charge in [0.05, 0.1) is 11.7 Å². The highest BCUT2D eigenvalue weighted by Gasteiger charge is 2.42. The third kappa shape index (κ3) is 4.34. The second-order valence-electron chi connectivity index (χ2n) is 9.89. The number of likely N-dealkylation sites (N-methyl/N-ethyl adjacent to an activating group) is 1. The summed E-state index contributed by atoms with van der Waals surface area (Å²) >= 11 is 6.84. The molecule has 2 aromatic rings. The molecular weight excluding hydrogens is 497 g/mol. The summed E-state index contributed by atoms with van der Waals surface area (Å²) in [7, 11) is 2.07. The Kier molecular flexibility index (Phi) is 6.85. The van der Waals surface area contributed by atoms with Gasteiger partial charge in [-0.05, 0) is 39.1 Å². The first-order chi connectivity index (χ1) is 17.7. The van der Waals surface area contributed by atoms with Crippen molar-refractivity contribution < 1.29 is 18.7 Å². The second kappa shape index (κ2) is 9.95. The molecule has 37 heavy (non-hydrogen) atoms. The quantitative estimate of drug-likeness (QED) is 0.571. The Balaban J connectivity index is 1.66. The number of amides is 2. The Morgan fingerprint density at radius 3 is 2.62 bits per heavy atom. The summed E-state index contributed by atoms with van der Waals surface area (Å²) in [5, 5.41) is 0.103. The van der Waals surface area contributed by atoms with Gasteiger partial charge in [-0.2, -0.15) is 0 Å². The van der Waals surface area contributed by atoms with Crippen LogP contribution in [0.15, 0.2) is 36.9 Å². The fraction of sp³-hybridized carbons (Fsp3) is 0.444. The van der Waals surface area contributed by atoms with Crippen molar-refractivity contribution in [3.05, 3.63) is 53.3 Å². The Bertz CT molecular complexity index is 1260. The minimum atomic E-state index is -0.460. The van der Waals surface area contributed by atoms with Crippen LogP contribution >= 0.6 is 11.6 Å². The van der Waals surface area contributed by atoms with Crippen molar-refractivity contribution in [3.63, 3.8) is 0 Å². The van der Waals surface area contributed by atoms with Crippen LogP contribution in [0.5, 0.6) is 5.75 Å². The Morgan fingerprint density at radius 1 is 1.16 bits per heavy atom. The van der Waals surface area contributed by atoms with E-state index in [0.717, 1.165) is 6.54 Å². The molecule has 1 aromatic carbocycles. The molecule has 10 heteroatoms. The van der Waals surface area contributed by atoms with Gasteiger partial charge in [0.1, 0.15) is 28.8 Å². The van der Waals surface area contributed by atoms with Crippen LogP contribution in [0.2, 0.25) is 5.02 Å². The molecule has 2 amide bonds. The number of piperazine rings is 2. The molecule has 0 spiro atoms. The standard InChI is InChI=1S/C27H31ClFN5O3/c1-5-21(35)32-11-13-34-18(14-32)15-37-25-22(27(34)36)26(33-12-10-31(4)16(2)17(33)3)30-24(23(25)28)19-8-6-7-9-20(19)29/h5-9,16-18H,1,10-15H2,2-4H3/t16-,17+,18?/m0/s1. The molecule has 3 atom stereocenters. The first-order valence-electron chi connectivity index (χ1n) is 12.5. The third-order valence-corrected chi connectivity index (χ3v) is 8.27. The van der Waals surface area contributed by atoms with Gasteiger partial charge in [0.25, 0.3) is 5.91 Å². The number of carbonyl (C=O) groups is 2. The van der Waals surface area contributed by atoms with Crippen LogP contribution in [0.3, 0.4) is 0 Å². The molecule has 1 unspecified atom stereocenters. The summed E-state index contributed by atoms with van der Waals surface area (Å²) in [6, 6.07) is 6.17. The van der Waals surface area contributed by atoms with Crippen LogP contribution in [0.1, 0.15) is 24.2 Å². The monoisotopic (exact) mass is 527 g/mol. The highest BCUT2D eigenvalue weighted by atomic mass is 35.5. The number of rotatable bonds is 3. The van der Waals surface area contributed by atoms with Crippen LogP contribution in [0.25, 0.3) is 11.3 Å². The van der Waals surface area contributed by atoms with E-state index in [2.05, 4.69) is 37.3 Å². The van der Waals surface area contributed by atoms with Crippen LogP contribution < -0.4 is 9.64 Å². The molecule has 196 valence electrons. The summed E-state index contributed by atoms with van der Waals surface area (Å²) in [5.74, 6) is -0.230. The topological polar surface area (TPSA) is 69.2 Å². The van der Waals surface area contributed by atoms with Gasteiger partial charge in [0, 0.05) is 50.4 Å². The van der Waals surface area contributed by atoms with Crippen molar-refractivity contribution in [1.29, 1.82) is 0 Å². The van der Waals surface area contributed by atoms with Crippen LogP contribution in [0, 0.1) is 5.82 Å². The van der Waals surface area contributed by atoms with Gasteiger partial charge >= 0.3 is 0 Å². The summed E-state index contributed by atoms with van der Waals surface area (Å²) in [6.07, 6.45) is 1.28. The Labute approximate surface area is 221 Å². The van der Waals surface area contributed by atoms with Crippen molar-refractivity contribution in [2.75, 3.05) is 51.3 Å². The molecule has 2 fully saturated rings. The lowest BCUT2D eigenvalue weighted by Gasteiger charge is -2.45. The summed E-state index contributed by atoms with van der Waals surface area (Å²) in [5.41, 5.74) is 0.773. The normalized spacial score (nSPS) is 24.2. The van der Waals surface area contributed by atoms with Crippen molar-refractivity contribution in [3.8, 4) is 17.0 Å². The molecule has 2 saturated heterocycles. The third-order valence-electron chi connectivity index (χ3n) is 7.92. The number of benzene rings is 1. The van der Waals surface area contributed by atoms with E-state index < -0.39 is 5.82 Å². The van der Waals surface area contributed by atoms with E-state index in [4.69, 9.17) is 21.3 Å². The van der Waals surface area contributed by atoms with E-state index in [1.165, 1.54) is 12.1 Å². The zero-order valence-corrected chi connectivity index (χ0v) is 22.0. The lowest BCUT2D eigenvalue weighted by Crippen LogP contribution is -2.58. The fourth-order valence-corrected chi connectivity index (χ4v) is 5.71. The molecule has 1 aromatic heterocycles. The number of pyridine rings is 1. The Hall–Kier alpha value is -3.17. The van der Waals surface area contributed by atoms with Crippen LogP contribution in [0.4, 0.5) is 10.2 Å². The number of hydrogen-bond acceptors (Lipinski definition) is 6.